The van der Waals surface area contributed by atoms with Gasteiger partial charge in [0.05, 0.1) is 18.1 Å². The molecule has 0 bridgehead atoms. The van der Waals surface area contributed by atoms with Crippen molar-refractivity contribution < 1.29 is 10.0 Å². The van der Waals surface area contributed by atoms with Crippen molar-refractivity contribution in [1.29, 1.82) is 0 Å². The highest BCUT2D eigenvalue weighted by Gasteiger charge is 2.22. The number of hydrogen-bond donors (Lipinski definition) is 3. The molecule has 2 aromatic rings. The first-order chi connectivity index (χ1) is 12.7. The van der Waals surface area contributed by atoms with Crippen LogP contribution in [-0.4, -0.2) is 51.7 Å². The molecule has 1 atom stereocenters. The first-order valence-electron chi connectivity index (χ1n) is 8.70. The molecule has 7 nitrogen and oxygen atoms in total. The van der Waals surface area contributed by atoms with Crippen molar-refractivity contribution in [2.45, 2.75) is 18.9 Å². The number of anilines is 1. The van der Waals surface area contributed by atoms with Gasteiger partial charge < -0.3 is 10.2 Å². The molecule has 0 saturated carbocycles. The van der Waals surface area contributed by atoms with Gasteiger partial charge in [0, 0.05) is 31.8 Å². The van der Waals surface area contributed by atoms with Crippen LogP contribution in [0.2, 0.25) is 0 Å². The molecule has 0 radical (unpaired) electrons. The average Bonchev–Trinajstić information content (AvgIpc) is 3.13. The summed E-state index contributed by atoms with van der Waals surface area (Å²) in [4.78, 5) is 22.0. The van der Waals surface area contributed by atoms with Crippen LogP contribution >= 0.6 is 0 Å². The molecule has 2 heterocycles. The zero-order valence-electron chi connectivity index (χ0n) is 14.5. The summed E-state index contributed by atoms with van der Waals surface area (Å²) in [5.74, 6) is 0.124. The molecule has 7 heteroatoms. The van der Waals surface area contributed by atoms with E-state index < -0.39 is 5.91 Å². The monoisotopic (exact) mass is 353 g/mol. The maximum atomic E-state index is 10.9. The second-order valence-corrected chi connectivity index (χ2v) is 6.30. The number of carbonyl (C=O) groups is 1. The van der Waals surface area contributed by atoms with Gasteiger partial charge in [0.15, 0.2) is 0 Å². The zero-order valence-corrected chi connectivity index (χ0v) is 14.5. The van der Waals surface area contributed by atoms with E-state index in [9.17, 15) is 4.79 Å². The van der Waals surface area contributed by atoms with Crippen LogP contribution in [0.25, 0.3) is 6.08 Å². The lowest BCUT2D eigenvalue weighted by atomic mass is 10.1. The van der Waals surface area contributed by atoms with E-state index in [2.05, 4.69) is 44.5 Å². The lowest BCUT2D eigenvalue weighted by Gasteiger charge is -2.17. The first kappa shape index (κ1) is 18.0. The Hall–Kier alpha value is -2.77. The Morgan fingerprint density at radius 2 is 2.12 bits per heavy atom. The summed E-state index contributed by atoms with van der Waals surface area (Å²) in [6.45, 7) is 3.13. The van der Waals surface area contributed by atoms with E-state index in [-0.39, 0.29) is 0 Å². The lowest BCUT2D eigenvalue weighted by Crippen LogP contribution is -2.28. The van der Waals surface area contributed by atoms with Gasteiger partial charge in [-0.05, 0) is 24.5 Å². The Bertz CT molecular complexity index is 733. The van der Waals surface area contributed by atoms with Crippen molar-refractivity contribution in [3.63, 3.8) is 0 Å². The van der Waals surface area contributed by atoms with Crippen LogP contribution in [0.5, 0.6) is 0 Å². The average molecular weight is 353 g/mol. The number of likely N-dealkylation sites (tertiary alicyclic amines) is 1. The number of nitrogens with zero attached hydrogens (tertiary/aromatic N) is 3. The van der Waals surface area contributed by atoms with Gasteiger partial charge in [0.25, 0.3) is 5.91 Å². The number of aromatic nitrogens is 2. The Morgan fingerprint density at radius 1 is 1.27 bits per heavy atom. The fourth-order valence-electron chi connectivity index (χ4n) is 2.99. The smallest absolute Gasteiger partial charge is 0.267 e. The molecule has 1 aliphatic heterocycles. The SMILES string of the molecule is O=C(/C=C/c1cnc(N[C@@H]2CCN(CCc3ccccc3)C2)cn1)NO. The number of nitrogens with one attached hydrogen (secondary N) is 2. The number of rotatable bonds is 7. The third kappa shape index (κ3) is 5.37. The molecule has 1 amide bonds. The third-order valence-corrected chi connectivity index (χ3v) is 4.37. The summed E-state index contributed by atoms with van der Waals surface area (Å²) >= 11 is 0. The van der Waals surface area contributed by atoms with E-state index in [1.807, 2.05) is 6.07 Å². The van der Waals surface area contributed by atoms with Crippen LogP contribution in [0, 0.1) is 0 Å². The van der Waals surface area contributed by atoms with E-state index in [1.54, 1.807) is 12.4 Å². The Kier molecular flexibility index (Phi) is 6.29. The minimum absolute atomic E-state index is 0.363. The predicted molar refractivity (Wildman–Crippen MR) is 99.6 cm³/mol. The molecule has 26 heavy (non-hydrogen) atoms. The summed E-state index contributed by atoms with van der Waals surface area (Å²) in [5, 5.41) is 11.9. The molecule has 0 spiro atoms. The van der Waals surface area contributed by atoms with E-state index in [0.717, 1.165) is 38.3 Å². The normalized spacial score (nSPS) is 17.5. The highest BCUT2D eigenvalue weighted by molar-refractivity contribution is 5.90. The second kappa shape index (κ2) is 9.07. The predicted octanol–water partition coefficient (Wildman–Crippen LogP) is 1.72. The molecule has 1 aromatic carbocycles. The standard InChI is InChI=1S/C19H23N5O2/c25-19(23-26)7-6-16-12-21-18(13-20-16)22-17-9-11-24(14-17)10-8-15-4-2-1-3-5-15/h1-7,12-13,17,26H,8-11,14H2,(H,21,22)(H,23,25)/b7-6+/t17-/m1/s1. The van der Waals surface area contributed by atoms with Gasteiger partial charge in [0.1, 0.15) is 5.82 Å². The Balaban J connectivity index is 1.45. The van der Waals surface area contributed by atoms with Crippen molar-refractivity contribution in [3.8, 4) is 0 Å². The van der Waals surface area contributed by atoms with Gasteiger partial charge in [-0.2, -0.15) is 0 Å². The van der Waals surface area contributed by atoms with Gasteiger partial charge in [-0.15, -0.1) is 0 Å². The minimum Gasteiger partial charge on any atom is -0.365 e. The molecule has 1 fully saturated rings. The van der Waals surface area contributed by atoms with Crippen molar-refractivity contribution in [2.75, 3.05) is 25.0 Å². The number of benzene rings is 1. The fourth-order valence-corrected chi connectivity index (χ4v) is 2.99. The topological polar surface area (TPSA) is 90.4 Å². The third-order valence-electron chi connectivity index (χ3n) is 4.37. The number of hydroxylamine groups is 1. The quantitative estimate of drug-likeness (QED) is 0.399. The maximum Gasteiger partial charge on any atom is 0.267 e. The fraction of sp³-hybridized carbons (Fsp3) is 0.316. The van der Waals surface area contributed by atoms with E-state index in [0.29, 0.717) is 11.7 Å². The molecular weight excluding hydrogens is 330 g/mol. The van der Waals surface area contributed by atoms with Crippen LogP contribution in [0.3, 0.4) is 0 Å². The molecule has 0 unspecified atom stereocenters. The van der Waals surface area contributed by atoms with Gasteiger partial charge in [-0.3, -0.25) is 15.0 Å². The molecule has 3 N–H and O–H groups in total. The molecular formula is C19H23N5O2. The molecule has 1 saturated heterocycles. The summed E-state index contributed by atoms with van der Waals surface area (Å²) in [6.07, 6.45) is 8.07. The molecule has 0 aliphatic carbocycles. The molecule has 1 aromatic heterocycles. The second-order valence-electron chi connectivity index (χ2n) is 6.30. The largest absolute Gasteiger partial charge is 0.365 e. The molecule has 3 rings (SSSR count). The summed E-state index contributed by atoms with van der Waals surface area (Å²) in [5.41, 5.74) is 3.45. The van der Waals surface area contributed by atoms with E-state index in [4.69, 9.17) is 5.21 Å². The van der Waals surface area contributed by atoms with Crippen molar-refractivity contribution in [1.82, 2.24) is 20.3 Å². The lowest BCUT2D eigenvalue weighted by molar-refractivity contribution is -0.124. The minimum atomic E-state index is -0.601. The summed E-state index contributed by atoms with van der Waals surface area (Å²) in [6, 6.07) is 10.9. The highest BCUT2D eigenvalue weighted by Crippen LogP contribution is 2.15. The Labute approximate surface area is 152 Å². The summed E-state index contributed by atoms with van der Waals surface area (Å²) in [7, 11) is 0. The summed E-state index contributed by atoms with van der Waals surface area (Å²) < 4.78 is 0. The van der Waals surface area contributed by atoms with Crippen LogP contribution in [0.1, 0.15) is 17.7 Å². The first-order valence-corrected chi connectivity index (χ1v) is 8.70. The zero-order chi connectivity index (χ0) is 18.2. The number of carbonyl (C=O) groups excluding carboxylic acids is 1. The van der Waals surface area contributed by atoms with Gasteiger partial charge in [0.2, 0.25) is 0 Å². The number of hydrogen-bond acceptors (Lipinski definition) is 6. The highest BCUT2D eigenvalue weighted by atomic mass is 16.5. The van der Waals surface area contributed by atoms with Crippen molar-refractivity contribution in [3.05, 3.63) is 60.1 Å². The van der Waals surface area contributed by atoms with Crippen LogP contribution < -0.4 is 10.8 Å². The van der Waals surface area contributed by atoms with Gasteiger partial charge in [-0.25, -0.2) is 10.5 Å². The van der Waals surface area contributed by atoms with Crippen molar-refractivity contribution in [2.24, 2.45) is 0 Å². The van der Waals surface area contributed by atoms with E-state index in [1.165, 1.54) is 23.2 Å². The van der Waals surface area contributed by atoms with Crippen LogP contribution in [0.4, 0.5) is 5.82 Å². The van der Waals surface area contributed by atoms with Gasteiger partial charge in [-0.1, -0.05) is 30.3 Å². The molecule has 136 valence electrons. The van der Waals surface area contributed by atoms with Crippen LogP contribution in [0.15, 0.2) is 48.8 Å². The van der Waals surface area contributed by atoms with E-state index >= 15 is 0 Å². The van der Waals surface area contributed by atoms with Gasteiger partial charge >= 0.3 is 0 Å². The molecule has 1 aliphatic rings. The Morgan fingerprint density at radius 3 is 2.85 bits per heavy atom. The number of amides is 1. The van der Waals surface area contributed by atoms with Crippen LogP contribution in [-0.2, 0) is 11.2 Å². The maximum absolute atomic E-state index is 10.9. The van der Waals surface area contributed by atoms with Crippen molar-refractivity contribution >= 4 is 17.8 Å².